The minimum absolute atomic E-state index is 0.0905. The molecule has 0 aromatic carbocycles. The number of carbonyl (C=O) groups excluding carboxylic acids is 1. The van der Waals surface area contributed by atoms with E-state index in [1.807, 2.05) is 20.8 Å². The normalized spacial score (nSPS) is 22.1. The lowest BCUT2D eigenvalue weighted by molar-refractivity contribution is 0.0419. The van der Waals surface area contributed by atoms with E-state index in [4.69, 9.17) is 4.74 Å². The molecule has 1 saturated heterocycles. The lowest BCUT2D eigenvalue weighted by atomic mass is 10.1. The van der Waals surface area contributed by atoms with Crippen LogP contribution >= 0.6 is 0 Å². The molecule has 1 fully saturated rings. The predicted molar refractivity (Wildman–Crippen MR) is 55.0 cm³/mol. The average molecular weight is 200 g/mol. The quantitative estimate of drug-likeness (QED) is 0.698. The monoisotopic (exact) mass is 200 g/mol. The van der Waals surface area contributed by atoms with Crippen LogP contribution in [0.2, 0.25) is 0 Å². The second kappa shape index (κ2) is 4.17. The standard InChI is InChI=1S/C10H20N2O2/c1-10(2,3)12(4)9(13)14-8-6-5-7-11-8/h8,11H,5-7H2,1-4H3/t8-/m0/s1. The van der Waals surface area contributed by atoms with Gasteiger partial charge in [0.05, 0.1) is 0 Å². The van der Waals surface area contributed by atoms with E-state index in [9.17, 15) is 4.79 Å². The smallest absolute Gasteiger partial charge is 0.411 e. The number of hydrogen-bond acceptors (Lipinski definition) is 3. The Balaban J connectivity index is 2.41. The Kier molecular flexibility index (Phi) is 3.37. The van der Waals surface area contributed by atoms with E-state index >= 15 is 0 Å². The van der Waals surface area contributed by atoms with E-state index < -0.39 is 0 Å². The van der Waals surface area contributed by atoms with Crippen LogP contribution in [0.4, 0.5) is 4.79 Å². The third-order valence-electron chi connectivity index (χ3n) is 2.54. The van der Waals surface area contributed by atoms with Gasteiger partial charge < -0.3 is 9.64 Å². The number of nitrogens with one attached hydrogen (secondary N) is 1. The molecule has 0 spiro atoms. The maximum absolute atomic E-state index is 11.6. The predicted octanol–water partition coefficient (Wildman–Crippen LogP) is 1.56. The van der Waals surface area contributed by atoms with Gasteiger partial charge in [0.25, 0.3) is 0 Å². The molecule has 1 heterocycles. The average Bonchev–Trinajstić information content (AvgIpc) is 2.53. The molecule has 1 aliphatic rings. The number of ether oxygens (including phenoxy) is 1. The molecule has 4 heteroatoms. The molecule has 1 aliphatic heterocycles. The van der Waals surface area contributed by atoms with Crippen molar-refractivity contribution in [3.8, 4) is 0 Å². The fraction of sp³-hybridized carbons (Fsp3) is 0.900. The Hall–Kier alpha value is -0.770. The molecule has 82 valence electrons. The van der Waals surface area contributed by atoms with Crippen molar-refractivity contribution < 1.29 is 9.53 Å². The topological polar surface area (TPSA) is 41.6 Å². The first-order valence-corrected chi connectivity index (χ1v) is 5.09. The Labute approximate surface area is 85.6 Å². The summed E-state index contributed by atoms with van der Waals surface area (Å²) in [5, 5.41) is 3.12. The van der Waals surface area contributed by atoms with Gasteiger partial charge >= 0.3 is 6.09 Å². The van der Waals surface area contributed by atoms with Crippen LogP contribution in [0.15, 0.2) is 0 Å². The van der Waals surface area contributed by atoms with Crippen LogP contribution in [-0.4, -0.2) is 36.4 Å². The maximum Gasteiger partial charge on any atom is 0.411 e. The van der Waals surface area contributed by atoms with E-state index in [1.54, 1.807) is 11.9 Å². The fourth-order valence-corrected chi connectivity index (χ4v) is 1.23. The minimum atomic E-state index is -0.253. The van der Waals surface area contributed by atoms with E-state index in [2.05, 4.69) is 5.32 Å². The molecule has 1 amide bonds. The molecular formula is C10H20N2O2. The van der Waals surface area contributed by atoms with Crippen LogP contribution in [0, 0.1) is 0 Å². The lowest BCUT2D eigenvalue weighted by Gasteiger charge is -2.31. The molecule has 0 bridgehead atoms. The summed E-state index contributed by atoms with van der Waals surface area (Å²) in [6, 6.07) is 0. The van der Waals surface area contributed by atoms with Gasteiger partial charge in [0, 0.05) is 12.6 Å². The highest BCUT2D eigenvalue weighted by Crippen LogP contribution is 2.14. The molecule has 0 aromatic heterocycles. The zero-order valence-corrected chi connectivity index (χ0v) is 9.46. The fourth-order valence-electron chi connectivity index (χ4n) is 1.23. The van der Waals surface area contributed by atoms with Crippen LogP contribution in [-0.2, 0) is 4.74 Å². The van der Waals surface area contributed by atoms with Crippen LogP contribution in [0.3, 0.4) is 0 Å². The van der Waals surface area contributed by atoms with Crippen LogP contribution in [0.1, 0.15) is 33.6 Å². The molecule has 1 atom stereocenters. The van der Waals surface area contributed by atoms with Crippen molar-refractivity contribution >= 4 is 6.09 Å². The van der Waals surface area contributed by atoms with Crippen molar-refractivity contribution in [2.75, 3.05) is 13.6 Å². The van der Waals surface area contributed by atoms with Crippen molar-refractivity contribution in [3.05, 3.63) is 0 Å². The molecular weight excluding hydrogens is 180 g/mol. The first-order valence-electron chi connectivity index (χ1n) is 5.09. The summed E-state index contributed by atoms with van der Waals surface area (Å²) in [5.41, 5.74) is -0.185. The van der Waals surface area contributed by atoms with Gasteiger partial charge in [-0.2, -0.15) is 0 Å². The van der Waals surface area contributed by atoms with Crippen LogP contribution in [0.5, 0.6) is 0 Å². The molecule has 14 heavy (non-hydrogen) atoms. The van der Waals surface area contributed by atoms with Gasteiger partial charge in [-0.25, -0.2) is 4.79 Å². The summed E-state index contributed by atoms with van der Waals surface area (Å²) < 4.78 is 5.28. The number of nitrogens with zero attached hydrogens (tertiary/aromatic N) is 1. The van der Waals surface area contributed by atoms with Crippen molar-refractivity contribution in [1.82, 2.24) is 10.2 Å². The molecule has 0 aromatic rings. The number of carbonyl (C=O) groups is 1. The highest BCUT2D eigenvalue weighted by atomic mass is 16.6. The van der Waals surface area contributed by atoms with E-state index in [1.165, 1.54) is 0 Å². The Morgan fingerprint density at radius 1 is 1.50 bits per heavy atom. The second-order valence-electron chi connectivity index (χ2n) is 4.70. The summed E-state index contributed by atoms with van der Waals surface area (Å²) >= 11 is 0. The van der Waals surface area contributed by atoms with Crippen molar-refractivity contribution in [3.63, 3.8) is 0 Å². The minimum Gasteiger partial charge on any atom is -0.430 e. The van der Waals surface area contributed by atoms with Gasteiger partial charge in [0.1, 0.15) is 0 Å². The van der Waals surface area contributed by atoms with Gasteiger partial charge in [-0.15, -0.1) is 0 Å². The summed E-state index contributed by atoms with van der Waals surface area (Å²) in [7, 11) is 1.76. The first kappa shape index (κ1) is 11.3. The largest absolute Gasteiger partial charge is 0.430 e. The van der Waals surface area contributed by atoms with Crippen molar-refractivity contribution in [2.45, 2.75) is 45.4 Å². The van der Waals surface area contributed by atoms with Gasteiger partial charge in [-0.3, -0.25) is 5.32 Å². The molecule has 1 rings (SSSR count). The maximum atomic E-state index is 11.6. The van der Waals surface area contributed by atoms with Crippen molar-refractivity contribution in [2.24, 2.45) is 0 Å². The zero-order valence-electron chi connectivity index (χ0n) is 9.46. The SMILES string of the molecule is CN(C(=O)O[C@H]1CCCN1)C(C)(C)C. The van der Waals surface area contributed by atoms with E-state index in [0.29, 0.717) is 0 Å². The summed E-state index contributed by atoms with van der Waals surface area (Å²) in [6.45, 7) is 6.89. The molecule has 0 saturated carbocycles. The molecule has 0 unspecified atom stereocenters. The molecule has 0 aliphatic carbocycles. The van der Waals surface area contributed by atoms with Crippen LogP contribution in [0.25, 0.3) is 0 Å². The summed E-state index contributed by atoms with van der Waals surface area (Å²) in [4.78, 5) is 13.2. The summed E-state index contributed by atoms with van der Waals surface area (Å²) in [5.74, 6) is 0. The Bertz CT molecular complexity index is 205. The van der Waals surface area contributed by atoms with Gasteiger partial charge in [0.2, 0.25) is 0 Å². The summed E-state index contributed by atoms with van der Waals surface area (Å²) in [6.07, 6.45) is 1.66. The number of rotatable bonds is 1. The highest BCUT2D eigenvalue weighted by molar-refractivity contribution is 5.68. The zero-order chi connectivity index (χ0) is 10.8. The van der Waals surface area contributed by atoms with E-state index in [-0.39, 0.29) is 17.9 Å². The number of amides is 1. The first-order chi connectivity index (χ1) is 6.41. The molecule has 4 nitrogen and oxygen atoms in total. The molecule has 0 radical (unpaired) electrons. The van der Waals surface area contributed by atoms with Crippen molar-refractivity contribution in [1.29, 1.82) is 0 Å². The number of hydrogen-bond donors (Lipinski definition) is 1. The van der Waals surface area contributed by atoms with Crippen LogP contribution < -0.4 is 5.32 Å². The highest BCUT2D eigenvalue weighted by Gasteiger charge is 2.26. The lowest BCUT2D eigenvalue weighted by Crippen LogP contribution is -2.45. The second-order valence-corrected chi connectivity index (χ2v) is 4.70. The third kappa shape index (κ3) is 2.87. The third-order valence-corrected chi connectivity index (χ3v) is 2.54. The molecule has 1 N–H and O–H groups in total. The van der Waals surface area contributed by atoms with E-state index in [0.717, 1.165) is 19.4 Å². The Morgan fingerprint density at radius 2 is 2.14 bits per heavy atom. The Morgan fingerprint density at radius 3 is 2.57 bits per heavy atom. The van der Waals surface area contributed by atoms with Gasteiger partial charge in [-0.05, 0) is 40.2 Å². The van der Waals surface area contributed by atoms with Gasteiger partial charge in [0.15, 0.2) is 6.23 Å². The van der Waals surface area contributed by atoms with Gasteiger partial charge in [-0.1, -0.05) is 0 Å².